The van der Waals surface area contributed by atoms with Crippen LogP contribution in [0.2, 0.25) is 0 Å². The van der Waals surface area contributed by atoms with E-state index in [1.165, 1.54) is 0 Å². The molecular weight excluding hydrogens is 504 g/mol. The van der Waals surface area contributed by atoms with E-state index in [2.05, 4.69) is 20.9 Å². The van der Waals surface area contributed by atoms with Gasteiger partial charge in [-0.2, -0.15) is 0 Å². The third-order valence-corrected chi connectivity index (χ3v) is 6.10. The number of aromatic amines is 1. The fraction of sp³-hybridized carbons (Fsp3) is 0.296. The van der Waals surface area contributed by atoms with Gasteiger partial charge in [0.1, 0.15) is 12.1 Å². The van der Waals surface area contributed by atoms with Gasteiger partial charge in [0.15, 0.2) is 0 Å². The van der Waals surface area contributed by atoms with Crippen LogP contribution < -0.4 is 27.4 Å². The smallest absolute Gasteiger partial charge is 0.326 e. The van der Waals surface area contributed by atoms with Gasteiger partial charge in [0.05, 0.1) is 12.6 Å². The highest BCUT2D eigenvalue weighted by atomic mass is 16.4. The SMILES string of the molecule is NC(=O)CCC(NC(=O)C(Cc1ccccc1)NC(=O)CNC(=O)C(N)Cc1c[nH]c2ccccc12)C(=O)O. The van der Waals surface area contributed by atoms with Gasteiger partial charge >= 0.3 is 5.97 Å². The molecule has 206 valence electrons. The third-order valence-electron chi connectivity index (χ3n) is 6.10. The molecule has 0 bridgehead atoms. The first-order valence-corrected chi connectivity index (χ1v) is 12.4. The van der Waals surface area contributed by atoms with Gasteiger partial charge < -0.3 is 37.5 Å². The predicted molar refractivity (Wildman–Crippen MR) is 143 cm³/mol. The molecule has 9 N–H and O–H groups in total. The highest BCUT2D eigenvalue weighted by Gasteiger charge is 2.27. The quantitative estimate of drug-likeness (QED) is 0.146. The molecule has 0 radical (unpaired) electrons. The van der Waals surface area contributed by atoms with Crippen LogP contribution in [0.5, 0.6) is 0 Å². The van der Waals surface area contributed by atoms with Crippen molar-refractivity contribution in [1.29, 1.82) is 0 Å². The van der Waals surface area contributed by atoms with Crippen molar-refractivity contribution in [2.24, 2.45) is 11.5 Å². The van der Waals surface area contributed by atoms with E-state index >= 15 is 0 Å². The number of aromatic nitrogens is 1. The van der Waals surface area contributed by atoms with Crippen LogP contribution in [0, 0.1) is 0 Å². The number of carboxylic acid groups (broad SMARTS) is 1. The lowest BCUT2D eigenvalue weighted by atomic mass is 10.0. The molecule has 4 amide bonds. The highest BCUT2D eigenvalue weighted by Crippen LogP contribution is 2.18. The topological polar surface area (TPSA) is 209 Å². The van der Waals surface area contributed by atoms with Gasteiger partial charge in [-0.1, -0.05) is 48.5 Å². The van der Waals surface area contributed by atoms with E-state index in [-0.39, 0.29) is 25.7 Å². The Morgan fingerprint density at radius 2 is 1.56 bits per heavy atom. The molecular formula is C27H32N6O6. The molecule has 39 heavy (non-hydrogen) atoms. The van der Waals surface area contributed by atoms with Gasteiger partial charge in [0.25, 0.3) is 0 Å². The number of carboxylic acids is 1. The zero-order chi connectivity index (χ0) is 28.4. The molecule has 0 saturated heterocycles. The largest absolute Gasteiger partial charge is 0.480 e. The number of amides is 4. The number of benzene rings is 2. The number of nitrogens with one attached hydrogen (secondary N) is 4. The fourth-order valence-electron chi connectivity index (χ4n) is 4.05. The Labute approximate surface area is 224 Å². The van der Waals surface area contributed by atoms with E-state index in [9.17, 15) is 29.1 Å². The average Bonchev–Trinajstić information content (AvgIpc) is 3.32. The summed E-state index contributed by atoms with van der Waals surface area (Å²) in [5.41, 5.74) is 13.6. The number of fused-ring (bicyclic) bond motifs is 1. The van der Waals surface area contributed by atoms with Gasteiger partial charge in [-0.3, -0.25) is 19.2 Å². The molecule has 0 spiro atoms. The molecule has 0 fully saturated rings. The van der Waals surface area contributed by atoms with Gasteiger partial charge in [0.2, 0.25) is 23.6 Å². The predicted octanol–water partition coefficient (Wildman–Crippen LogP) is -0.284. The first-order valence-electron chi connectivity index (χ1n) is 12.4. The number of carbonyl (C=O) groups is 5. The molecule has 0 aliphatic rings. The van der Waals surface area contributed by atoms with Crippen LogP contribution in [0.3, 0.4) is 0 Å². The van der Waals surface area contributed by atoms with Crippen molar-refractivity contribution in [2.75, 3.05) is 6.54 Å². The lowest BCUT2D eigenvalue weighted by Crippen LogP contribution is -2.54. The number of carbonyl (C=O) groups excluding carboxylic acids is 4. The van der Waals surface area contributed by atoms with E-state index in [0.717, 1.165) is 16.5 Å². The fourth-order valence-corrected chi connectivity index (χ4v) is 4.05. The molecule has 12 nitrogen and oxygen atoms in total. The Balaban J connectivity index is 1.60. The highest BCUT2D eigenvalue weighted by molar-refractivity contribution is 5.93. The van der Waals surface area contributed by atoms with Crippen LogP contribution in [0.1, 0.15) is 24.0 Å². The average molecular weight is 537 g/mol. The Hall–Kier alpha value is -4.71. The maximum atomic E-state index is 13.0. The summed E-state index contributed by atoms with van der Waals surface area (Å²) in [6.07, 6.45) is 1.66. The third kappa shape index (κ3) is 8.68. The minimum Gasteiger partial charge on any atom is -0.480 e. The molecule has 3 atom stereocenters. The normalized spacial score (nSPS) is 13.2. The monoisotopic (exact) mass is 536 g/mol. The summed E-state index contributed by atoms with van der Waals surface area (Å²) in [7, 11) is 0. The Morgan fingerprint density at radius 1 is 0.872 bits per heavy atom. The van der Waals surface area contributed by atoms with Crippen molar-refractivity contribution in [3.63, 3.8) is 0 Å². The van der Waals surface area contributed by atoms with Gasteiger partial charge in [-0.05, 0) is 30.0 Å². The van der Waals surface area contributed by atoms with Crippen LogP contribution in [0.25, 0.3) is 10.9 Å². The zero-order valence-corrected chi connectivity index (χ0v) is 21.2. The molecule has 0 aliphatic carbocycles. The van der Waals surface area contributed by atoms with Crippen LogP contribution in [0.4, 0.5) is 0 Å². The summed E-state index contributed by atoms with van der Waals surface area (Å²) in [6.45, 7) is -0.441. The summed E-state index contributed by atoms with van der Waals surface area (Å²) < 4.78 is 0. The van der Waals surface area contributed by atoms with Gasteiger partial charge in [0, 0.05) is 29.9 Å². The molecule has 1 aromatic heterocycles. The summed E-state index contributed by atoms with van der Waals surface area (Å²) in [5, 5.41) is 17.7. The van der Waals surface area contributed by atoms with Crippen LogP contribution in [-0.2, 0) is 36.8 Å². The lowest BCUT2D eigenvalue weighted by Gasteiger charge is -2.22. The first-order chi connectivity index (χ1) is 18.6. The minimum atomic E-state index is -1.37. The Bertz CT molecular complexity index is 1320. The van der Waals surface area contributed by atoms with E-state index in [0.29, 0.717) is 5.56 Å². The number of primary amides is 1. The second kappa shape index (κ2) is 13.7. The molecule has 3 unspecified atom stereocenters. The van der Waals surface area contributed by atoms with E-state index in [1.807, 2.05) is 24.3 Å². The molecule has 12 heteroatoms. The standard InChI is InChI=1S/C27H32N6O6/c28-19(13-17-14-30-20-9-5-4-8-18(17)20)25(36)31-15-24(35)32-22(12-16-6-2-1-3-7-16)26(37)33-21(27(38)39)10-11-23(29)34/h1-9,14,19,21-22,30H,10-13,15,28H2,(H2,29,34)(H,31,36)(H,32,35)(H,33,37)(H,38,39). The van der Waals surface area contributed by atoms with Gasteiger partial charge in [-0.15, -0.1) is 0 Å². The summed E-state index contributed by atoms with van der Waals surface area (Å²) in [4.78, 5) is 63.9. The second-order valence-corrected chi connectivity index (χ2v) is 9.10. The molecule has 0 saturated carbocycles. The van der Waals surface area contributed by atoms with Crippen molar-refractivity contribution >= 4 is 40.5 Å². The van der Waals surface area contributed by atoms with Crippen molar-refractivity contribution in [1.82, 2.24) is 20.9 Å². The van der Waals surface area contributed by atoms with Crippen molar-refractivity contribution in [2.45, 2.75) is 43.8 Å². The number of aliphatic carboxylic acids is 1. The number of para-hydroxylation sites is 1. The minimum absolute atomic E-state index is 0.0641. The molecule has 3 rings (SSSR count). The van der Waals surface area contributed by atoms with E-state index in [4.69, 9.17) is 11.5 Å². The molecule has 1 heterocycles. The second-order valence-electron chi connectivity index (χ2n) is 9.10. The number of nitrogens with two attached hydrogens (primary N) is 2. The van der Waals surface area contributed by atoms with E-state index < -0.39 is 54.3 Å². The first kappa shape index (κ1) is 28.9. The molecule has 3 aromatic rings. The number of hydrogen-bond donors (Lipinski definition) is 7. The maximum Gasteiger partial charge on any atom is 0.326 e. The maximum absolute atomic E-state index is 13.0. The van der Waals surface area contributed by atoms with Crippen molar-refractivity contribution in [3.05, 3.63) is 71.9 Å². The van der Waals surface area contributed by atoms with Crippen LogP contribution in [0.15, 0.2) is 60.8 Å². The number of rotatable bonds is 14. The zero-order valence-electron chi connectivity index (χ0n) is 21.2. The number of H-pyrrole nitrogens is 1. The van der Waals surface area contributed by atoms with Crippen molar-refractivity contribution in [3.8, 4) is 0 Å². The molecule has 2 aromatic carbocycles. The van der Waals surface area contributed by atoms with Crippen molar-refractivity contribution < 1.29 is 29.1 Å². The van der Waals surface area contributed by atoms with Gasteiger partial charge in [-0.25, -0.2) is 4.79 Å². The lowest BCUT2D eigenvalue weighted by molar-refractivity contribution is -0.142. The van der Waals surface area contributed by atoms with Crippen LogP contribution in [-0.4, -0.2) is 64.4 Å². The summed E-state index contributed by atoms with van der Waals surface area (Å²) >= 11 is 0. The van der Waals surface area contributed by atoms with Crippen LogP contribution >= 0.6 is 0 Å². The van der Waals surface area contributed by atoms with E-state index in [1.54, 1.807) is 36.5 Å². The summed E-state index contributed by atoms with van der Waals surface area (Å²) in [5.74, 6) is -4.01. The Morgan fingerprint density at radius 3 is 2.26 bits per heavy atom. The number of hydrogen-bond acceptors (Lipinski definition) is 6. The molecule has 0 aliphatic heterocycles. The Kier molecular flexibility index (Phi) is 10.2. The summed E-state index contributed by atoms with van der Waals surface area (Å²) in [6, 6.07) is 13.0.